The van der Waals surface area contributed by atoms with Gasteiger partial charge >= 0.3 is 5.97 Å². The summed E-state index contributed by atoms with van der Waals surface area (Å²) in [6, 6.07) is 5.67. The van der Waals surface area contributed by atoms with Gasteiger partial charge in [0.15, 0.2) is 0 Å². The second-order valence-electron chi connectivity index (χ2n) is 7.97. The minimum Gasteiger partial charge on any atom is -0.465 e. The van der Waals surface area contributed by atoms with Crippen molar-refractivity contribution in [1.82, 2.24) is 24.6 Å². The summed E-state index contributed by atoms with van der Waals surface area (Å²) in [5.74, 6) is -0.533. The molecule has 1 N–H and O–H groups in total. The molecule has 1 amide bonds. The highest BCUT2D eigenvalue weighted by atomic mass is 32.2. The number of hydrogen-bond acceptors (Lipinski definition) is 7. The molecule has 5 rings (SSSR count). The molecule has 10 nitrogen and oxygen atoms in total. The number of esters is 1. The molecule has 0 saturated carbocycles. The van der Waals surface area contributed by atoms with Gasteiger partial charge in [-0.3, -0.25) is 9.89 Å². The van der Waals surface area contributed by atoms with Crippen LogP contribution in [0.3, 0.4) is 0 Å². The Labute approximate surface area is 173 Å². The molecule has 0 unspecified atom stereocenters. The highest BCUT2D eigenvalue weighted by molar-refractivity contribution is 7.89. The number of likely N-dealkylation sites (tertiary alicyclic amines) is 1. The number of ether oxygens (including phenoxy) is 1. The standard InChI is InChI=1S/C19H21N5O5S/c1-29-19(26)11-3-2-4-12(7-11)30(27,28)24-16-5-6-17(24)14-10-23(9-13(14)16)18(25)15-8-20-22-21-15/h2-4,7-8,13-14,16-17H,5-6,9-10H2,1H3,(H,20,21,22)/t13-,14+,16+,17-. The lowest BCUT2D eigenvalue weighted by Gasteiger charge is -2.26. The van der Waals surface area contributed by atoms with Crippen molar-refractivity contribution in [2.75, 3.05) is 20.2 Å². The number of nitrogens with one attached hydrogen (secondary N) is 1. The Morgan fingerprint density at radius 1 is 1.17 bits per heavy atom. The number of fused-ring (bicyclic) bond motifs is 5. The lowest BCUT2D eigenvalue weighted by atomic mass is 9.82. The Morgan fingerprint density at radius 3 is 2.47 bits per heavy atom. The summed E-state index contributed by atoms with van der Waals surface area (Å²) < 4.78 is 33.3. The lowest BCUT2D eigenvalue weighted by Crippen LogP contribution is -2.41. The predicted octanol–water partition coefficient (Wildman–Crippen LogP) is 0.515. The van der Waals surface area contributed by atoms with Crippen LogP contribution in [0.5, 0.6) is 0 Å². The number of H-pyrrole nitrogens is 1. The number of sulfonamides is 1. The fourth-order valence-corrected chi connectivity index (χ4v) is 7.34. The summed E-state index contributed by atoms with van der Waals surface area (Å²) in [7, 11) is -2.50. The van der Waals surface area contributed by atoms with Crippen molar-refractivity contribution in [2.24, 2.45) is 11.8 Å². The first-order valence-electron chi connectivity index (χ1n) is 9.79. The van der Waals surface area contributed by atoms with Crippen LogP contribution >= 0.6 is 0 Å². The highest BCUT2D eigenvalue weighted by Crippen LogP contribution is 2.51. The molecule has 158 valence electrons. The first kappa shape index (κ1) is 19.2. The first-order valence-corrected chi connectivity index (χ1v) is 11.2. The molecular weight excluding hydrogens is 410 g/mol. The molecule has 0 spiro atoms. The topological polar surface area (TPSA) is 126 Å². The Balaban J connectivity index is 1.40. The van der Waals surface area contributed by atoms with Crippen molar-refractivity contribution in [3.8, 4) is 0 Å². The van der Waals surface area contributed by atoms with Gasteiger partial charge in [0.1, 0.15) is 5.69 Å². The van der Waals surface area contributed by atoms with Crippen molar-refractivity contribution >= 4 is 21.9 Å². The van der Waals surface area contributed by atoms with Crippen molar-refractivity contribution in [1.29, 1.82) is 0 Å². The molecule has 2 aromatic rings. The summed E-state index contributed by atoms with van der Waals surface area (Å²) in [6.45, 7) is 1.02. The number of aromatic amines is 1. The zero-order chi connectivity index (χ0) is 21.0. The normalized spacial score (nSPS) is 28.0. The number of benzene rings is 1. The summed E-state index contributed by atoms with van der Waals surface area (Å²) in [5.41, 5.74) is 0.543. The van der Waals surface area contributed by atoms with E-state index in [0.29, 0.717) is 18.8 Å². The lowest BCUT2D eigenvalue weighted by molar-refractivity contribution is 0.0600. The Morgan fingerprint density at radius 2 is 1.87 bits per heavy atom. The van der Waals surface area contributed by atoms with Crippen molar-refractivity contribution in [2.45, 2.75) is 29.8 Å². The molecule has 3 fully saturated rings. The number of hydrogen-bond donors (Lipinski definition) is 1. The maximum absolute atomic E-state index is 13.5. The second kappa shape index (κ2) is 6.88. The molecule has 0 radical (unpaired) electrons. The fraction of sp³-hybridized carbons (Fsp3) is 0.474. The summed E-state index contributed by atoms with van der Waals surface area (Å²) >= 11 is 0. The van der Waals surface area contributed by atoms with Crippen LogP contribution < -0.4 is 0 Å². The second-order valence-corrected chi connectivity index (χ2v) is 9.82. The number of methoxy groups -OCH3 is 1. The molecule has 3 saturated heterocycles. The summed E-state index contributed by atoms with van der Waals surface area (Å²) in [6.07, 6.45) is 2.95. The summed E-state index contributed by atoms with van der Waals surface area (Å²) in [4.78, 5) is 26.3. The molecule has 30 heavy (non-hydrogen) atoms. The van der Waals surface area contributed by atoms with E-state index in [4.69, 9.17) is 4.74 Å². The van der Waals surface area contributed by atoms with E-state index in [1.165, 1.54) is 31.5 Å². The van der Waals surface area contributed by atoms with Crippen LogP contribution in [0.25, 0.3) is 0 Å². The van der Waals surface area contributed by atoms with Crippen LogP contribution in [0.2, 0.25) is 0 Å². The van der Waals surface area contributed by atoms with Crippen LogP contribution in [-0.4, -0.2) is 77.2 Å². The highest BCUT2D eigenvalue weighted by Gasteiger charge is 2.60. The van der Waals surface area contributed by atoms with E-state index in [2.05, 4.69) is 15.4 Å². The van der Waals surface area contributed by atoms with Crippen LogP contribution in [0, 0.1) is 11.8 Å². The minimum absolute atomic E-state index is 0.0961. The predicted molar refractivity (Wildman–Crippen MR) is 103 cm³/mol. The van der Waals surface area contributed by atoms with Gasteiger partial charge in [-0.15, -0.1) is 5.10 Å². The molecule has 4 heterocycles. The monoisotopic (exact) mass is 431 g/mol. The Hall–Kier alpha value is -2.79. The number of amides is 1. The van der Waals surface area contributed by atoms with Gasteiger partial charge < -0.3 is 9.64 Å². The zero-order valence-corrected chi connectivity index (χ0v) is 17.1. The van der Waals surface area contributed by atoms with E-state index in [1.807, 2.05) is 0 Å². The third-order valence-electron chi connectivity index (χ3n) is 6.58. The number of carbonyl (C=O) groups excluding carboxylic acids is 2. The smallest absolute Gasteiger partial charge is 0.337 e. The molecule has 1 aromatic heterocycles. The number of carbonyl (C=O) groups is 2. The zero-order valence-electron chi connectivity index (χ0n) is 16.3. The molecule has 3 aliphatic heterocycles. The minimum atomic E-state index is -3.77. The van der Waals surface area contributed by atoms with Crippen molar-refractivity contribution in [3.05, 3.63) is 41.7 Å². The molecule has 2 bridgehead atoms. The van der Waals surface area contributed by atoms with Crippen molar-refractivity contribution in [3.63, 3.8) is 0 Å². The van der Waals surface area contributed by atoms with Gasteiger partial charge in [0.05, 0.1) is 23.8 Å². The fourth-order valence-electron chi connectivity index (χ4n) is 5.33. The van der Waals surface area contributed by atoms with Gasteiger partial charge in [0.2, 0.25) is 10.0 Å². The SMILES string of the molecule is COC(=O)c1cccc(S(=O)(=O)N2[C@@H]3CC[C@H]2[C@@H]2CN(C(=O)c4cnn[nH]4)C[C@@H]23)c1. The van der Waals surface area contributed by atoms with E-state index < -0.39 is 16.0 Å². The maximum atomic E-state index is 13.5. The Bertz CT molecular complexity index is 1080. The number of rotatable bonds is 4. The first-order chi connectivity index (χ1) is 14.4. The average molecular weight is 431 g/mol. The van der Waals surface area contributed by atoms with E-state index in [9.17, 15) is 18.0 Å². The van der Waals surface area contributed by atoms with Gasteiger partial charge in [-0.05, 0) is 42.9 Å². The van der Waals surface area contributed by atoms with E-state index >= 15 is 0 Å². The van der Waals surface area contributed by atoms with Crippen LogP contribution in [0.1, 0.15) is 33.7 Å². The van der Waals surface area contributed by atoms with Crippen LogP contribution in [0.4, 0.5) is 0 Å². The van der Waals surface area contributed by atoms with Crippen LogP contribution in [-0.2, 0) is 14.8 Å². The average Bonchev–Trinajstić information content (AvgIpc) is 3.53. The van der Waals surface area contributed by atoms with E-state index in [0.717, 1.165) is 12.8 Å². The van der Waals surface area contributed by atoms with E-state index in [-0.39, 0.29) is 40.3 Å². The molecule has 1 aromatic carbocycles. The molecule has 0 aliphatic carbocycles. The molecule has 4 atom stereocenters. The third kappa shape index (κ3) is 2.76. The van der Waals surface area contributed by atoms with Crippen LogP contribution in [0.15, 0.2) is 35.4 Å². The maximum Gasteiger partial charge on any atom is 0.337 e. The third-order valence-corrected chi connectivity index (χ3v) is 8.52. The number of nitrogens with zero attached hydrogens (tertiary/aromatic N) is 4. The van der Waals surface area contributed by atoms with Gasteiger partial charge in [-0.25, -0.2) is 13.2 Å². The molecular formula is C19H21N5O5S. The van der Waals surface area contributed by atoms with Gasteiger partial charge in [0.25, 0.3) is 5.91 Å². The number of aromatic nitrogens is 3. The molecule has 11 heteroatoms. The van der Waals surface area contributed by atoms with Gasteiger partial charge in [-0.1, -0.05) is 11.3 Å². The van der Waals surface area contributed by atoms with Gasteiger partial charge in [0, 0.05) is 25.2 Å². The summed E-state index contributed by atoms with van der Waals surface area (Å²) in [5, 5.41) is 9.84. The Kier molecular flexibility index (Phi) is 4.40. The quantitative estimate of drug-likeness (QED) is 0.699. The largest absolute Gasteiger partial charge is 0.465 e. The van der Waals surface area contributed by atoms with Crippen molar-refractivity contribution < 1.29 is 22.7 Å². The van der Waals surface area contributed by atoms with E-state index in [1.54, 1.807) is 15.3 Å². The molecule has 3 aliphatic rings. The van der Waals surface area contributed by atoms with Gasteiger partial charge in [-0.2, -0.15) is 4.31 Å².